The fraction of sp³-hybridized carbons (Fsp3) is 0.429. The van der Waals surface area contributed by atoms with Crippen LogP contribution in [0.25, 0.3) is 0 Å². The normalized spacial score (nSPS) is 13.1. The van der Waals surface area contributed by atoms with E-state index in [9.17, 15) is 9.59 Å². The van der Waals surface area contributed by atoms with E-state index in [1.807, 2.05) is 19.2 Å². The van der Waals surface area contributed by atoms with Crippen molar-refractivity contribution in [3.05, 3.63) is 29.3 Å². The maximum absolute atomic E-state index is 11.9. The van der Waals surface area contributed by atoms with Gasteiger partial charge in [-0.15, -0.1) is 0 Å². The van der Waals surface area contributed by atoms with Crippen molar-refractivity contribution in [3.8, 4) is 0 Å². The molecule has 0 radical (unpaired) electrons. The average molecular weight is 262 g/mol. The molecule has 0 bridgehead atoms. The second-order valence-corrected chi connectivity index (χ2v) is 4.50. The molecule has 5 nitrogen and oxygen atoms in total. The number of rotatable bonds is 4. The van der Waals surface area contributed by atoms with Crippen LogP contribution in [-0.2, 0) is 16.0 Å². The third-order valence-corrected chi connectivity index (χ3v) is 3.17. The van der Waals surface area contributed by atoms with Crippen LogP contribution >= 0.6 is 0 Å². The van der Waals surface area contributed by atoms with Gasteiger partial charge in [0.15, 0.2) is 0 Å². The number of hydrogen-bond donors (Lipinski definition) is 1. The maximum Gasteiger partial charge on any atom is 0.325 e. The lowest BCUT2D eigenvalue weighted by Crippen LogP contribution is -2.30. The van der Waals surface area contributed by atoms with Crippen molar-refractivity contribution in [2.24, 2.45) is 0 Å². The van der Waals surface area contributed by atoms with E-state index in [-0.39, 0.29) is 12.5 Å². The molecular formula is C14H18N2O3. The summed E-state index contributed by atoms with van der Waals surface area (Å²) in [6.07, 6.45) is 0.949. The molecular weight excluding hydrogens is 244 g/mol. The molecule has 19 heavy (non-hydrogen) atoms. The summed E-state index contributed by atoms with van der Waals surface area (Å²) >= 11 is 0. The third-order valence-electron chi connectivity index (χ3n) is 3.17. The molecule has 0 aliphatic carbocycles. The zero-order chi connectivity index (χ0) is 13.8. The molecule has 0 atom stereocenters. The van der Waals surface area contributed by atoms with Crippen LogP contribution in [0, 0.1) is 0 Å². The van der Waals surface area contributed by atoms with Crippen molar-refractivity contribution in [2.45, 2.75) is 13.3 Å². The van der Waals surface area contributed by atoms with Crippen molar-refractivity contribution < 1.29 is 14.3 Å². The molecule has 1 N–H and O–H groups in total. The first-order valence-electron chi connectivity index (χ1n) is 6.39. The van der Waals surface area contributed by atoms with Crippen LogP contribution in [0.5, 0.6) is 0 Å². The molecule has 0 aromatic heterocycles. The van der Waals surface area contributed by atoms with Crippen LogP contribution in [0.4, 0.5) is 5.69 Å². The number of nitrogens with one attached hydrogen (secondary N) is 1. The summed E-state index contributed by atoms with van der Waals surface area (Å²) in [5, 5.41) is 2.56. The Morgan fingerprint density at radius 3 is 2.95 bits per heavy atom. The van der Waals surface area contributed by atoms with E-state index < -0.39 is 5.97 Å². The van der Waals surface area contributed by atoms with Gasteiger partial charge in [0.2, 0.25) is 0 Å². The summed E-state index contributed by atoms with van der Waals surface area (Å²) < 4.78 is 4.76. The van der Waals surface area contributed by atoms with Crippen LogP contribution in [0.15, 0.2) is 18.2 Å². The number of benzene rings is 1. The number of fused-ring (bicyclic) bond motifs is 1. The summed E-state index contributed by atoms with van der Waals surface area (Å²) in [4.78, 5) is 25.2. The second kappa shape index (κ2) is 5.73. The van der Waals surface area contributed by atoms with Crippen molar-refractivity contribution >= 4 is 17.6 Å². The molecule has 5 heteroatoms. The maximum atomic E-state index is 11.9. The minimum absolute atomic E-state index is 0.0936. The minimum atomic E-state index is -0.420. The first-order valence-corrected chi connectivity index (χ1v) is 6.39. The highest BCUT2D eigenvalue weighted by Gasteiger charge is 2.17. The Morgan fingerprint density at radius 1 is 1.42 bits per heavy atom. The molecule has 102 valence electrons. The number of amides is 1. The Hall–Kier alpha value is -2.04. The molecule has 0 saturated heterocycles. The Kier molecular flexibility index (Phi) is 4.04. The van der Waals surface area contributed by atoms with Gasteiger partial charge in [0, 0.05) is 24.8 Å². The van der Waals surface area contributed by atoms with E-state index in [0.717, 1.165) is 13.0 Å². The number of nitrogens with zero attached hydrogens (tertiary/aromatic N) is 1. The monoisotopic (exact) mass is 262 g/mol. The quantitative estimate of drug-likeness (QED) is 0.822. The highest BCUT2D eigenvalue weighted by molar-refractivity contribution is 5.96. The van der Waals surface area contributed by atoms with Gasteiger partial charge in [-0.2, -0.15) is 0 Å². The van der Waals surface area contributed by atoms with Gasteiger partial charge in [-0.05, 0) is 37.1 Å². The summed E-state index contributed by atoms with van der Waals surface area (Å²) in [7, 11) is 2.03. The first-order chi connectivity index (χ1) is 9.11. The average Bonchev–Trinajstić information content (AvgIpc) is 2.77. The number of carbonyl (C=O) groups excluding carboxylic acids is 2. The molecule has 2 rings (SSSR count). The van der Waals surface area contributed by atoms with Crippen LogP contribution in [0.2, 0.25) is 0 Å². The summed E-state index contributed by atoms with van der Waals surface area (Å²) in [5.74, 6) is -0.665. The van der Waals surface area contributed by atoms with Crippen LogP contribution in [0.1, 0.15) is 22.8 Å². The Bertz CT molecular complexity index is 499. The third kappa shape index (κ3) is 3.05. The van der Waals surface area contributed by atoms with Gasteiger partial charge >= 0.3 is 5.97 Å². The van der Waals surface area contributed by atoms with Gasteiger partial charge in [-0.3, -0.25) is 9.59 Å². The smallest absolute Gasteiger partial charge is 0.325 e. The van der Waals surface area contributed by atoms with Crippen LogP contribution in [-0.4, -0.2) is 38.6 Å². The SMILES string of the molecule is CCOC(=O)CNC(=O)c1ccc2c(c1)CCN2C. The number of anilines is 1. The fourth-order valence-electron chi connectivity index (χ4n) is 2.17. The van der Waals surface area contributed by atoms with E-state index in [2.05, 4.69) is 10.2 Å². The van der Waals surface area contributed by atoms with Gasteiger partial charge in [0.1, 0.15) is 6.54 Å². The first kappa shape index (κ1) is 13.4. The van der Waals surface area contributed by atoms with E-state index in [1.54, 1.807) is 13.0 Å². The molecule has 1 aromatic rings. The fourth-order valence-corrected chi connectivity index (χ4v) is 2.17. The lowest BCUT2D eigenvalue weighted by molar-refractivity contribution is -0.141. The summed E-state index contributed by atoms with van der Waals surface area (Å²) in [6, 6.07) is 5.61. The number of esters is 1. The number of carbonyl (C=O) groups is 2. The number of likely N-dealkylation sites (N-methyl/N-ethyl adjacent to an activating group) is 1. The largest absolute Gasteiger partial charge is 0.465 e. The standard InChI is InChI=1S/C14H18N2O3/c1-3-19-13(17)9-15-14(18)11-4-5-12-10(8-11)6-7-16(12)2/h4-5,8H,3,6-7,9H2,1-2H3,(H,15,18). The Balaban J connectivity index is 1.99. The van der Waals surface area contributed by atoms with E-state index in [0.29, 0.717) is 12.2 Å². The zero-order valence-electron chi connectivity index (χ0n) is 11.2. The predicted octanol–water partition coefficient (Wildman–Crippen LogP) is 0.972. The molecule has 0 fully saturated rings. The van der Waals surface area contributed by atoms with Crippen LogP contribution < -0.4 is 10.2 Å². The van der Waals surface area contributed by atoms with E-state index >= 15 is 0 Å². The Morgan fingerprint density at radius 2 is 2.21 bits per heavy atom. The molecule has 1 aliphatic rings. The number of ether oxygens (including phenoxy) is 1. The van der Waals surface area contributed by atoms with Gasteiger partial charge in [0.25, 0.3) is 5.91 Å². The van der Waals surface area contributed by atoms with Crippen molar-refractivity contribution in [1.29, 1.82) is 0 Å². The van der Waals surface area contributed by atoms with Gasteiger partial charge in [0.05, 0.1) is 6.61 Å². The lowest BCUT2D eigenvalue weighted by atomic mass is 10.1. The zero-order valence-corrected chi connectivity index (χ0v) is 11.2. The van der Waals surface area contributed by atoms with Crippen molar-refractivity contribution in [2.75, 3.05) is 31.6 Å². The molecule has 1 aromatic carbocycles. The molecule has 1 heterocycles. The van der Waals surface area contributed by atoms with Gasteiger partial charge in [-0.25, -0.2) is 0 Å². The topological polar surface area (TPSA) is 58.6 Å². The van der Waals surface area contributed by atoms with E-state index in [1.165, 1.54) is 11.3 Å². The molecule has 0 unspecified atom stereocenters. The second-order valence-electron chi connectivity index (χ2n) is 4.50. The molecule has 1 aliphatic heterocycles. The summed E-state index contributed by atoms with van der Waals surface area (Å²) in [6.45, 7) is 2.93. The molecule has 1 amide bonds. The molecule has 0 spiro atoms. The van der Waals surface area contributed by atoms with Gasteiger partial charge in [-0.1, -0.05) is 0 Å². The van der Waals surface area contributed by atoms with E-state index in [4.69, 9.17) is 4.74 Å². The highest BCUT2D eigenvalue weighted by Crippen LogP contribution is 2.27. The highest BCUT2D eigenvalue weighted by atomic mass is 16.5. The van der Waals surface area contributed by atoms with Crippen molar-refractivity contribution in [3.63, 3.8) is 0 Å². The Labute approximate surface area is 112 Å². The minimum Gasteiger partial charge on any atom is -0.465 e. The lowest BCUT2D eigenvalue weighted by Gasteiger charge is -2.12. The molecule has 0 saturated carbocycles. The predicted molar refractivity (Wildman–Crippen MR) is 72.4 cm³/mol. The summed E-state index contributed by atoms with van der Waals surface area (Å²) in [5.41, 5.74) is 2.92. The van der Waals surface area contributed by atoms with Gasteiger partial charge < -0.3 is 15.0 Å². The van der Waals surface area contributed by atoms with Crippen molar-refractivity contribution in [1.82, 2.24) is 5.32 Å². The number of hydrogen-bond acceptors (Lipinski definition) is 4. The van der Waals surface area contributed by atoms with Crippen LogP contribution in [0.3, 0.4) is 0 Å².